The number of Topliss-reactive ketones (excluding diaryl/α,β-unsaturated/α-hetero) is 1. The monoisotopic (exact) mass is 473 g/mol. The molecule has 0 bridgehead atoms. The number of aryl methyl sites for hydroxylation is 1. The number of nitrogens with zero attached hydrogens (tertiary/aromatic N) is 1. The number of carbonyl (C=O) groups excluding carboxylic acids is 1. The Bertz CT molecular complexity index is 1380. The standard InChI is InChI=1S/C28H24FNO3S/c1-21-11-15-25(16-12-21)30(34(32,33)27-17-13-24(29)14-18-27)20-26(31)19-23-9-5-6-10-28(23)22-7-3-2-4-8-22/h2-18H,19-20H2,1H3. The number of rotatable bonds is 8. The van der Waals surface area contributed by atoms with E-state index in [1.165, 1.54) is 12.1 Å². The summed E-state index contributed by atoms with van der Waals surface area (Å²) in [6, 6.07) is 28.9. The summed E-state index contributed by atoms with van der Waals surface area (Å²) in [4.78, 5) is 13.1. The zero-order valence-electron chi connectivity index (χ0n) is 18.7. The van der Waals surface area contributed by atoms with Gasteiger partial charge in [-0.2, -0.15) is 0 Å². The SMILES string of the molecule is Cc1ccc(N(CC(=O)Cc2ccccc2-c2ccccc2)S(=O)(=O)c2ccc(F)cc2)cc1. The maximum absolute atomic E-state index is 13.5. The molecule has 4 aromatic carbocycles. The highest BCUT2D eigenvalue weighted by Crippen LogP contribution is 2.27. The van der Waals surface area contributed by atoms with E-state index in [-0.39, 0.29) is 23.6 Å². The van der Waals surface area contributed by atoms with Crippen molar-refractivity contribution >= 4 is 21.5 Å². The number of carbonyl (C=O) groups is 1. The summed E-state index contributed by atoms with van der Waals surface area (Å²) in [5.74, 6) is -0.788. The molecule has 0 radical (unpaired) electrons. The van der Waals surface area contributed by atoms with Gasteiger partial charge in [-0.15, -0.1) is 0 Å². The smallest absolute Gasteiger partial charge is 0.264 e. The van der Waals surface area contributed by atoms with Crippen molar-refractivity contribution in [3.8, 4) is 11.1 Å². The van der Waals surface area contributed by atoms with Gasteiger partial charge in [0, 0.05) is 6.42 Å². The van der Waals surface area contributed by atoms with Crippen LogP contribution in [0, 0.1) is 12.7 Å². The van der Waals surface area contributed by atoms with Gasteiger partial charge in [0.05, 0.1) is 17.1 Å². The Hall–Kier alpha value is -3.77. The van der Waals surface area contributed by atoms with Crippen LogP contribution in [-0.2, 0) is 21.2 Å². The second-order valence-electron chi connectivity index (χ2n) is 8.04. The predicted octanol–water partition coefficient (Wildman–Crippen LogP) is 5.81. The van der Waals surface area contributed by atoms with Gasteiger partial charge in [-0.1, -0.05) is 72.3 Å². The summed E-state index contributed by atoms with van der Waals surface area (Å²) >= 11 is 0. The van der Waals surface area contributed by atoms with Gasteiger partial charge in [-0.3, -0.25) is 9.10 Å². The third-order valence-electron chi connectivity index (χ3n) is 5.53. The van der Waals surface area contributed by atoms with Crippen LogP contribution in [0.2, 0.25) is 0 Å². The maximum atomic E-state index is 13.5. The van der Waals surface area contributed by atoms with Gasteiger partial charge in [0.25, 0.3) is 10.0 Å². The second-order valence-corrected chi connectivity index (χ2v) is 9.90. The molecule has 34 heavy (non-hydrogen) atoms. The Morgan fingerprint density at radius 3 is 2.09 bits per heavy atom. The number of sulfonamides is 1. The first-order valence-corrected chi connectivity index (χ1v) is 12.3. The summed E-state index contributed by atoms with van der Waals surface area (Å²) in [6.45, 7) is 1.56. The highest BCUT2D eigenvalue weighted by molar-refractivity contribution is 7.92. The number of hydrogen-bond donors (Lipinski definition) is 0. The lowest BCUT2D eigenvalue weighted by Gasteiger charge is -2.24. The van der Waals surface area contributed by atoms with E-state index in [0.717, 1.165) is 38.7 Å². The van der Waals surface area contributed by atoms with Gasteiger partial charge in [-0.25, -0.2) is 12.8 Å². The number of benzene rings is 4. The number of anilines is 1. The van der Waals surface area contributed by atoms with Crippen LogP contribution in [0.15, 0.2) is 108 Å². The lowest BCUT2D eigenvalue weighted by atomic mass is 9.96. The largest absolute Gasteiger partial charge is 0.297 e. The molecule has 0 aliphatic carbocycles. The van der Waals surface area contributed by atoms with E-state index >= 15 is 0 Å². The van der Waals surface area contributed by atoms with Crippen molar-refractivity contribution in [3.63, 3.8) is 0 Å². The van der Waals surface area contributed by atoms with E-state index < -0.39 is 15.8 Å². The molecule has 0 aliphatic rings. The van der Waals surface area contributed by atoms with E-state index in [1.54, 1.807) is 24.3 Å². The van der Waals surface area contributed by atoms with Gasteiger partial charge in [0.1, 0.15) is 5.82 Å². The first-order valence-electron chi connectivity index (χ1n) is 10.8. The number of halogens is 1. The second kappa shape index (κ2) is 10.0. The minimum Gasteiger partial charge on any atom is -0.297 e. The van der Waals surface area contributed by atoms with Crippen molar-refractivity contribution < 1.29 is 17.6 Å². The fraction of sp³-hybridized carbons (Fsp3) is 0.107. The van der Waals surface area contributed by atoms with Gasteiger partial charge in [-0.05, 0) is 60.0 Å². The first kappa shape index (κ1) is 23.4. The van der Waals surface area contributed by atoms with Crippen molar-refractivity contribution in [2.45, 2.75) is 18.2 Å². The molecule has 6 heteroatoms. The van der Waals surface area contributed by atoms with Crippen LogP contribution in [0.4, 0.5) is 10.1 Å². The molecule has 4 nitrogen and oxygen atoms in total. The van der Waals surface area contributed by atoms with E-state index in [0.29, 0.717) is 5.69 Å². The highest BCUT2D eigenvalue weighted by Gasteiger charge is 2.27. The fourth-order valence-electron chi connectivity index (χ4n) is 3.76. The van der Waals surface area contributed by atoms with E-state index in [2.05, 4.69) is 0 Å². The van der Waals surface area contributed by atoms with Crippen LogP contribution in [0.5, 0.6) is 0 Å². The molecule has 4 aromatic rings. The Balaban J connectivity index is 1.66. The summed E-state index contributed by atoms with van der Waals surface area (Å²) in [7, 11) is -4.09. The third kappa shape index (κ3) is 5.24. The molecule has 0 atom stereocenters. The molecule has 0 fully saturated rings. The molecule has 0 unspecified atom stereocenters. The van der Waals surface area contributed by atoms with Crippen molar-refractivity contribution in [3.05, 3.63) is 120 Å². The van der Waals surface area contributed by atoms with E-state index in [4.69, 9.17) is 0 Å². The summed E-state index contributed by atoms with van der Waals surface area (Å²) in [6.07, 6.45) is 0.0758. The molecular formula is C28H24FNO3S. The third-order valence-corrected chi connectivity index (χ3v) is 7.32. The molecule has 172 valence electrons. The minimum absolute atomic E-state index is 0.0758. The molecule has 0 saturated carbocycles. The Labute approximate surface area is 199 Å². The zero-order chi connectivity index (χ0) is 24.1. The van der Waals surface area contributed by atoms with Crippen molar-refractivity contribution in [1.29, 1.82) is 0 Å². The fourth-order valence-corrected chi connectivity index (χ4v) is 5.21. The van der Waals surface area contributed by atoms with Crippen LogP contribution in [-0.4, -0.2) is 20.7 Å². The van der Waals surface area contributed by atoms with Crippen LogP contribution < -0.4 is 4.31 Å². The molecule has 0 aromatic heterocycles. The minimum atomic E-state index is -4.09. The van der Waals surface area contributed by atoms with E-state index in [1.807, 2.05) is 61.5 Å². The van der Waals surface area contributed by atoms with Gasteiger partial charge >= 0.3 is 0 Å². The number of ketones is 1. The molecule has 0 spiro atoms. The summed E-state index contributed by atoms with van der Waals surface area (Å²) in [5.41, 5.74) is 4.08. The number of hydrogen-bond acceptors (Lipinski definition) is 3. The maximum Gasteiger partial charge on any atom is 0.264 e. The predicted molar refractivity (Wildman–Crippen MR) is 133 cm³/mol. The van der Waals surface area contributed by atoms with Crippen LogP contribution in [0.25, 0.3) is 11.1 Å². The van der Waals surface area contributed by atoms with Crippen molar-refractivity contribution in [2.75, 3.05) is 10.8 Å². The van der Waals surface area contributed by atoms with Gasteiger partial charge < -0.3 is 0 Å². The van der Waals surface area contributed by atoms with Gasteiger partial charge in [0.2, 0.25) is 0 Å². The van der Waals surface area contributed by atoms with Crippen LogP contribution in [0.1, 0.15) is 11.1 Å². The Morgan fingerprint density at radius 2 is 1.41 bits per heavy atom. The Morgan fingerprint density at radius 1 is 0.794 bits per heavy atom. The van der Waals surface area contributed by atoms with E-state index in [9.17, 15) is 17.6 Å². The van der Waals surface area contributed by atoms with Crippen molar-refractivity contribution in [1.82, 2.24) is 0 Å². The van der Waals surface area contributed by atoms with Crippen molar-refractivity contribution in [2.24, 2.45) is 0 Å². The molecule has 0 heterocycles. The molecule has 0 N–H and O–H groups in total. The molecule has 4 rings (SSSR count). The Kier molecular flexibility index (Phi) is 6.89. The lowest BCUT2D eigenvalue weighted by molar-refractivity contribution is -0.117. The highest BCUT2D eigenvalue weighted by atomic mass is 32.2. The summed E-state index contributed by atoms with van der Waals surface area (Å²) in [5, 5.41) is 0. The quantitative estimate of drug-likeness (QED) is 0.325. The van der Waals surface area contributed by atoms with Crippen LogP contribution >= 0.6 is 0 Å². The normalized spacial score (nSPS) is 11.2. The average molecular weight is 474 g/mol. The molecule has 0 amide bonds. The van der Waals surface area contributed by atoms with Crippen LogP contribution in [0.3, 0.4) is 0 Å². The lowest BCUT2D eigenvalue weighted by Crippen LogP contribution is -2.36. The topological polar surface area (TPSA) is 54.5 Å². The first-order chi connectivity index (χ1) is 16.3. The average Bonchev–Trinajstić information content (AvgIpc) is 2.84. The molecule has 0 aliphatic heterocycles. The molecule has 0 saturated heterocycles. The van der Waals surface area contributed by atoms with Gasteiger partial charge in [0.15, 0.2) is 5.78 Å². The summed E-state index contributed by atoms with van der Waals surface area (Å²) < 4.78 is 41.4. The molecular weight excluding hydrogens is 449 g/mol. The zero-order valence-corrected chi connectivity index (χ0v) is 19.5.